The van der Waals surface area contributed by atoms with Gasteiger partial charge in [-0.25, -0.2) is 0 Å². The van der Waals surface area contributed by atoms with Crippen molar-refractivity contribution >= 4 is 23.6 Å². The lowest BCUT2D eigenvalue weighted by atomic mass is 9.93. The number of carbonyl (C=O) groups is 2. The molecule has 0 aromatic heterocycles. The molecule has 1 saturated heterocycles. The van der Waals surface area contributed by atoms with Crippen LogP contribution in [-0.2, 0) is 9.53 Å². The monoisotopic (exact) mass is 291 g/mol. The Morgan fingerprint density at radius 2 is 2.15 bits per heavy atom. The third-order valence-electron chi connectivity index (χ3n) is 4.05. The molecule has 0 unspecified atom stereocenters. The first-order valence-electron chi connectivity index (χ1n) is 6.81. The summed E-state index contributed by atoms with van der Waals surface area (Å²) in [6.07, 6.45) is 1.67. The highest BCUT2D eigenvalue weighted by Crippen LogP contribution is 2.34. The number of methoxy groups -OCH3 is 1. The predicted octanol–water partition coefficient (Wildman–Crippen LogP) is 2.19. The first kappa shape index (κ1) is 13.5. The van der Waals surface area contributed by atoms with E-state index < -0.39 is 0 Å². The van der Waals surface area contributed by atoms with Gasteiger partial charge in [-0.05, 0) is 25.0 Å². The molecule has 0 bridgehead atoms. The number of piperidine rings is 1. The van der Waals surface area contributed by atoms with Gasteiger partial charge in [-0.15, -0.1) is 11.8 Å². The van der Waals surface area contributed by atoms with E-state index in [1.54, 1.807) is 11.8 Å². The van der Waals surface area contributed by atoms with Crippen molar-refractivity contribution in [2.75, 3.05) is 19.4 Å². The number of fused-ring (bicyclic) bond motifs is 2. The molecule has 2 heterocycles. The second kappa shape index (κ2) is 5.48. The standard InChI is InChI=1S/C15H17NO3S/c1-19-15(18)10-6-7-11-9-20-13-5-3-2-4-12(13)14(17)16(11)8-10/h2-5,10-11H,6-9H2,1H3/t10-,11-/m0/s1. The van der Waals surface area contributed by atoms with Gasteiger partial charge in [-0.2, -0.15) is 0 Å². The molecule has 0 aliphatic carbocycles. The normalized spacial score (nSPS) is 25.4. The van der Waals surface area contributed by atoms with E-state index >= 15 is 0 Å². The van der Waals surface area contributed by atoms with E-state index in [2.05, 4.69) is 0 Å². The highest BCUT2D eigenvalue weighted by molar-refractivity contribution is 7.99. The van der Waals surface area contributed by atoms with Crippen LogP contribution in [-0.4, -0.2) is 42.2 Å². The number of hydrogen-bond acceptors (Lipinski definition) is 4. The van der Waals surface area contributed by atoms with Gasteiger partial charge in [0.25, 0.3) is 5.91 Å². The van der Waals surface area contributed by atoms with Gasteiger partial charge in [0, 0.05) is 23.2 Å². The van der Waals surface area contributed by atoms with Gasteiger partial charge in [-0.1, -0.05) is 12.1 Å². The number of nitrogens with zero attached hydrogens (tertiary/aromatic N) is 1. The second-order valence-corrected chi connectivity index (χ2v) is 6.28. The molecule has 1 fully saturated rings. The smallest absolute Gasteiger partial charge is 0.310 e. The fourth-order valence-corrected chi connectivity index (χ4v) is 4.12. The molecule has 1 amide bonds. The zero-order valence-corrected chi connectivity index (χ0v) is 12.2. The second-order valence-electron chi connectivity index (χ2n) is 5.22. The van der Waals surface area contributed by atoms with Crippen LogP contribution in [0.5, 0.6) is 0 Å². The third-order valence-corrected chi connectivity index (χ3v) is 5.27. The molecule has 20 heavy (non-hydrogen) atoms. The summed E-state index contributed by atoms with van der Waals surface area (Å²) < 4.78 is 4.82. The molecule has 4 nitrogen and oxygen atoms in total. The van der Waals surface area contributed by atoms with Crippen molar-refractivity contribution in [1.29, 1.82) is 0 Å². The van der Waals surface area contributed by atoms with Crippen molar-refractivity contribution in [3.8, 4) is 0 Å². The van der Waals surface area contributed by atoms with E-state index in [-0.39, 0.29) is 23.8 Å². The van der Waals surface area contributed by atoms with Crippen molar-refractivity contribution in [2.45, 2.75) is 23.8 Å². The summed E-state index contributed by atoms with van der Waals surface area (Å²) in [5, 5.41) is 0. The van der Waals surface area contributed by atoms with E-state index in [0.717, 1.165) is 29.1 Å². The van der Waals surface area contributed by atoms with E-state index in [4.69, 9.17) is 4.74 Å². The van der Waals surface area contributed by atoms with Gasteiger partial charge in [0.1, 0.15) is 0 Å². The van der Waals surface area contributed by atoms with E-state index in [9.17, 15) is 9.59 Å². The van der Waals surface area contributed by atoms with Crippen LogP contribution in [0.15, 0.2) is 29.2 Å². The fourth-order valence-electron chi connectivity index (χ4n) is 2.92. The molecule has 0 spiro atoms. The minimum absolute atomic E-state index is 0.0456. The highest BCUT2D eigenvalue weighted by Gasteiger charge is 2.37. The highest BCUT2D eigenvalue weighted by atomic mass is 32.2. The number of esters is 1. The minimum atomic E-state index is -0.207. The van der Waals surface area contributed by atoms with Crippen molar-refractivity contribution < 1.29 is 14.3 Å². The first-order valence-corrected chi connectivity index (χ1v) is 7.80. The molecule has 1 aromatic carbocycles. The number of carbonyl (C=O) groups excluding carboxylic acids is 2. The summed E-state index contributed by atoms with van der Waals surface area (Å²) in [5.41, 5.74) is 0.755. The quantitative estimate of drug-likeness (QED) is 0.744. The van der Waals surface area contributed by atoms with Gasteiger partial charge in [-0.3, -0.25) is 9.59 Å². The number of rotatable bonds is 1. The maximum Gasteiger partial charge on any atom is 0.310 e. The molecule has 5 heteroatoms. The molecular formula is C15H17NO3S. The number of benzene rings is 1. The van der Waals surface area contributed by atoms with Crippen LogP contribution in [0.3, 0.4) is 0 Å². The molecule has 2 aliphatic heterocycles. The van der Waals surface area contributed by atoms with Crippen LogP contribution < -0.4 is 0 Å². The fraction of sp³-hybridized carbons (Fsp3) is 0.467. The average Bonchev–Trinajstić information content (AvgIpc) is 2.64. The average molecular weight is 291 g/mol. The van der Waals surface area contributed by atoms with Gasteiger partial charge in [0.2, 0.25) is 0 Å². The lowest BCUT2D eigenvalue weighted by Gasteiger charge is -2.37. The largest absolute Gasteiger partial charge is 0.469 e. The van der Waals surface area contributed by atoms with E-state index in [0.29, 0.717) is 6.54 Å². The van der Waals surface area contributed by atoms with E-state index in [1.807, 2.05) is 29.2 Å². The predicted molar refractivity (Wildman–Crippen MR) is 76.7 cm³/mol. The van der Waals surface area contributed by atoms with Crippen LogP contribution in [0.25, 0.3) is 0 Å². The Morgan fingerprint density at radius 3 is 2.95 bits per heavy atom. The van der Waals surface area contributed by atoms with Crippen LogP contribution in [0, 0.1) is 5.92 Å². The lowest BCUT2D eigenvalue weighted by Crippen LogP contribution is -2.49. The number of thioether (sulfide) groups is 1. The minimum Gasteiger partial charge on any atom is -0.469 e. The number of hydrogen-bond donors (Lipinski definition) is 0. The Hall–Kier alpha value is -1.49. The zero-order chi connectivity index (χ0) is 14.1. The van der Waals surface area contributed by atoms with Gasteiger partial charge < -0.3 is 9.64 Å². The van der Waals surface area contributed by atoms with Gasteiger partial charge >= 0.3 is 5.97 Å². The van der Waals surface area contributed by atoms with Crippen LogP contribution in [0.2, 0.25) is 0 Å². The molecule has 3 rings (SSSR count). The number of ether oxygens (including phenoxy) is 1. The van der Waals surface area contributed by atoms with Crippen molar-refractivity contribution in [1.82, 2.24) is 4.90 Å². The van der Waals surface area contributed by atoms with Crippen LogP contribution in [0.4, 0.5) is 0 Å². The molecule has 2 aliphatic rings. The third kappa shape index (κ3) is 2.30. The Balaban J connectivity index is 1.88. The molecule has 0 radical (unpaired) electrons. The molecule has 0 N–H and O–H groups in total. The molecule has 1 aromatic rings. The summed E-state index contributed by atoms with van der Waals surface area (Å²) >= 11 is 1.74. The topological polar surface area (TPSA) is 46.6 Å². The molecule has 0 saturated carbocycles. The Kier molecular flexibility index (Phi) is 3.70. The molecule has 106 valence electrons. The van der Waals surface area contributed by atoms with Crippen molar-refractivity contribution in [3.05, 3.63) is 29.8 Å². The SMILES string of the molecule is COC(=O)[C@H]1CC[C@H]2CSc3ccccc3C(=O)N2C1. The van der Waals surface area contributed by atoms with Gasteiger partial charge in [0.15, 0.2) is 0 Å². The number of amides is 1. The van der Waals surface area contributed by atoms with Crippen LogP contribution >= 0.6 is 11.8 Å². The Morgan fingerprint density at radius 1 is 1.35 bits per heavy atom. The zero-order valence-electron chi connectivity index (χ0n) is 11.4. The van der Waals surface area contributed by atoms with Crippen molar-refractivity contribution in [2.24, 2.45) is 5.92 Å². The summed E-state index contributed by atoms with van der Waals surface area (Å²) in [7, 11) is 1.41. The summed E-state index contributed by atoms with van der Waals surface area (Å²) in [6, 6.07) is 7.93. The molecule has 2 atom stereocenters. The van der Waals surface area contributed by atoms with Crippen molar-refractivity contribution in [3.63, 3.8) is 0 Å². The summed E-state index contributed by atoms with van der Waals surface area (Å²) in [4.78, 5) is 27.3. The molecular weight excluding hydrogens is 274 g/mol. The van der Waals surface area contributed by atoms with Gasteiger partial charge in [0.05, 0.1) is 18.6 Å². The summed E-state index contributed by atoms with van der Waals surface area (Å²) in [5.74, 6) is 0.553. The maximum absolute atomic E-state index is 12.7. The Labute approximate surface area is 122 Å². The lowest BCUT2D eigenvalue weighted by molar-refractivity contribution is -0.147. The summed E-state index contributed by atoms with van der Waals surface area (Å²) in [6.45, 7) is 0.477. The Bertz CT molecular complexity index is 546. The maximum atomic E-state index is 12.7. The first-order chi connectivity index (χ1) is 9.70. The van der Waals surface area contributed by atoms with Crippen LogP contribution in [0.1, 0.15) is 23.2 Å². The van der Waals surface area contributed by atoms with E-state index in [1.165, 1.54) is 7.11 Å².